The lowest BCUT2D eigenvalue weighted by Crippen LogP contribution is -2.33. The van der Waals surface area contributed by atoms with Gasteiger partial charge < -0.3 is 14.7 Å². The summed E-state index contributed by atoms with van der Waals surface area (Å²) in [4.78, 5) is 13.0. The smallest absolute Gasteiger partial charge is 0.308 e. The maximum Gasteiger partial charge on any atom is 0.308 e. The summed E-state index contributed by atoms with van der Waals surface area (Å²) >= 11 is 0. The van der Waals surface area contributed by atoms with Gasteiger partial charge in [0.05, 0.1) is 19.6 Å². The van der Waals surface area contributed by atoms with E-state index in [1.165, 1.54) is 32.8 Å². The molecule has 1 rings (SSSR count). The summed E-state index contributed by atoms with van der Waals surface area (Å²) < 4.78 is 4.51. The molecule has 1 fully saturated rings. The highest BCUT2D eigenvalue weighted by Gasteiger charge is 2.18. The highest BCUT2D eigenvalue weighted by molar-refractivity contribution is 5.69. The Morgan fingerprint density at radius 3 is 2.75 bits per heavy atom. The van der Waals surface area contributed by atoms with E-state index in [4.69, 9.17) is 0 Å². The first-order valence-corrected chi connectivity index (χ1v) is 6.05. The summed E-state index contributed by atoms with van der Waals surface area (Å²) in [6, 6.07) is 0. The van der Waals surface area contributed by atoms with Crippen LogP contribution in [0.1, 0.15) is 32.1 Å². The Balaban J connectivity index is 2.06. The lowest BCUT2D eigenvalue weighted by molar-refractivity contribution is -0.143. The summed E-state index contributed by atoms with van der Waals surface area (Å²) in [6.07, 6.45) is 4.78. The zero-order valence-corrected chi connectivity index (χ0v) is 10.3. The van der Waals surface area contributed by atoms with Gasteiger partial charge >= 0.3 is 5.97 Å². The Morgan fingerprint density at radius 2 is 2.25 bits per heavy atom. The van der Waals surface area contributed by atoms with Gasteiger partial charge in [-0.15, -0.1) is 0 Å². The number of rotatable bonds is 7. The van der Waals surface area contributed by atoms with E-state index in [0.717, 1.165) is 12.5 Å². The minimum absolute atomic E-state index is 0.0876. The monoisotopic (exact) mass is 229 g/mol. The van der Waals surface area contributed by atoms with Crippen molar-refractivity contribution >= 4 is 5.97 Å². The van der Waals surface area contributed by atoms with Gasteiger partial charge in [0.1, 0.15) is 0 Å². The van der Waals surface area contributed by atoms with Crippen molar-refractivity contribution in [2.75, 3.05) is 27.2 Å². The molecular weight excluding hydrogens is 206 g/mol. The lowest BCUT2D eigenvalue weighted by atomic mass is 9.83. The molecule has 0 saturated heterocycles. The van der Waals surface area contributed by atoms with Crippen LogP contribution in [0.2, 0.25) is 0 Å². The predicted octanol–water partition coefficient (Wildman–Crippen LogP) is 1.03. The van der Waals surface area contributed by atoms with Crippen LogP contribution in [-0.2, 0) is 9.53 Å². The molecule has 1 N–H and O–H groups in total. The molecule has 1 aliphatic rings. The van der Waals surface area contributed by atoms with Crippen molar-refractivity contribution in [1.29, 1.82) is 0 Å². The molecule has 0 spiro atoms. The number of hydrogen-bond donors (Lipinski definition) is 1. The van der Waals surface area contributed by atoms with E-state index in [2.05, 4.69) is 9.64 Å². The Labute approximate surface area is 97.6 Å². The van der Waals surface area contributed by atoms with Gasteiger partial charge in [-0.3, -0.25) is 4.79 Å². The molecule has 0 aromatic carbocycles. The molecule has 0 radical (unpaired) electrons. The topological polar surface area (TPSA) is 49.8 Å². The third-order valence-electron chi connectivity index (χ3n) is 3.30. The van der Waals surface area contributed by atoms with Crippen molar-refractivity contribution in [2.24, 2.45) is 5.92 Å². The zero-order valence-electron chi connectivity index (χ0n) is 10.3. The number of methoxy groups -OCH3 is 1. The van der Waals surface area contributed by atoms with Crippen molar-refractivity contribution in [3.63, 3.8) is 0 Å². The van der Waals surface area contributed by atoms with Gasteiger partial charge in [0.25, 0.3) is 0 Å². The lowest BCUT2D eigenvalue weighted by Gasteiger charge is -2.28. The number of esters is 1. The number of aliphatic hydroxyl groups excluding tert-OH is 1. The number of nitrogens with zero attached hydrogens (tertiary/aromatic N) is 1. The SMILES string of the molecule is COC(=O)CC(O)CN(C)CCC1CCC1. The van der Waals surface area contributed by atoms with E-state index in [9.17, 15) is 9.90 Å². The van der Waals surface area contributed by atoms with Crippen molar-refractivity contribution in [2.45, 2.75) is 38.2 Å². The van der Waals surface area contributed by atoms with Crippen molar-refractivity contribution in [3.8, 4) is 0 Å². The number of ether oxygens (including phenoxy) is 1. The molecule has 4 nitrogen and oxygen atoms in total. The molecule has 1 aliphatic carbocycles. The molecule has 1 unspecified atom stereocenters. The number of carbonyl (C=O) groups is 1. The van der Waals surface area contributed by atoms with E-state index in [1.54, 1.807) is 0 Å². The minimum atomic E-state index is -0.612. The summed E-state index contributed by atoms with van der Waals surface area (Å²) in [5.74, 6) is 0.542. The van der Waals surface area contributed by atoms with Crippen molar-refractivity contribution in [1.82, 2.24) is 4.90 Å². The van der Waals surface area contributed by atoms with Crippen LogP contribution in [-0.4, -0.2) is 49.3 Å². The van der Waals surface area contributed by atoms with Crippen molar-refractivity contribution in [3.05, 3.63) is 0 Å². The van der Waals surface area contributed by atoms with Gasteiger partial charge in [-0.25, -0.2) is 0 Å². The molecule has 0 aliphatic heterocycles. The molecule has 94 valence electrons. The molecule has 16 heavy (non-hydrogen) atoms. The van der Waals surface area contributed by atoms with Crippen molar-refractivity contribution < 1.29 is 14.6 Å². The fraction of sp³-hybridized carbons (Fsp3) is 0.917. The fourth-order valence-corrected chi connectivity index (χ4v) is 1.98. The maximum absolute atomic E-state index is 10.9. The second-order valence-electron chi connectivity index (χ2n) is 4.78. The van der Waals surface area contributed by atoms with Gasteiger partial charge in [-0.1, -0.05) is 19.3 Å². The van der Waals surface area contributed by atoms with Gasteiger partial charge in [-0.05, 0) is 25.9 Å². The van der Waals surface area contributed by atoms with Crippen LogP contribution in [0.3, 0.4) is 0 Å². The quantitative estimate of drug-likeness (QED) is 0.663. The van der Waals surface area contributed by atoms with Crippen LogP contribution in [0.5, 0.6) is 0 Å². The third-order valence-corrected chi connectivity index (χ3v) is 3.30. The zero-order chi connectivity index (χ0) is 12.0. The summed E-state index contributed by atoms with van der Waals surface area (Å²) in [7, 11) is 3.33. The van der Waals surface area contributed by atoms with Crippen LogP contribution in [0, 0.1) is 5.92 Å². The first-order valence-electron chi connectivity index (χ1n) is 6.05. The Morgan fingerprint density at radius 1 is 1.56 bits per heavy atom. The van der Waals surface area contributed by atoms with E-state index < -0.39 is 6.10 Å². The van der Waals surface area contributed by atoms with Gasteiger partial charge in [0.15, 0.2) is 0 Å². The molecule has 0 amide bonds. The number of hydrogen-bond acceptors (Lipinski definition) is 4. The maximum atomic E-state index is 10.9. The van der Waals surface area contributed by atoms with E-state index >= 15 is 0 Å². The highest BCUT2D eigenvalue weighted by Crippen LogP contribution is 2.29. The second-order valence-corrected chi connectivity index (χ2v) is 4.78. The Kier molecular flexibility index (Phi) is 5.77. The van der Waals surface area contributed by atoms with Crippen LogP contribution in [0.15, 0.2) is 0 Å². The second kappa shape index (κ2) is 6.86. The molecule has 0 aromatic heterocycles. The largest absolute Gasteiger partial charge is 0.469 e. The first kappa shape index (κ1) is 13.5. The third kappa shape index (κ3) is 4.94. The van der Waals surface area contributed by atoms with E-state index in [-0.39, 0.29) is 12.4 Å². The van der Waals surface area contributed by atoms with Gasteiger partial charge in [0, 0.05) is 6.54 Å². The van der Waals surface area contributed by atoms with Crippen LogP contribution < -0.4 is 0 Å². The highest BCUT2D eigenvalue weighted by atomic mass is 16.5. The minimum Gasteiger partial charge on any atom is -0.469 e. The first-order chi connectivity index (χ1) is 7.61. The molecule has 1 atom stereocenters. The van der Waals surface area contributed by atoms with E-state index in [0.29, 0.717) is 6.54 Å². The average molecular weight is 229 g/mol. The molecule has 0 heterocycles. The Hall–Kier alpha value is -0.610. The molecule has 1 saturated carbocycles. The molecular formula is C12H23NO3. The van der Waals surface area contributed by atoms with Crippen LogP contribution in [0.25, 0.3) is 0 Å². The van der Waals surface area contributed by atoms with Gasteiger partial charge in [-0.2, -0.15) is 0 Å². The van der Waals surface area contributed by atoms with Crippen LogP contribution >= 0.6 is 0 Å². The predicted molar refractivity (Wildman–Crippen MR) is 62.1 cm³/mol. The average Bonchev–Trinajstić information content (AvgIpc) is 2.14. The summed E-state index contributed by atoms with van der Waals surface area (Å²) in [5, 5.41) is 9.62. The number of aliphatic hydroxyl groups is 1. The fourth-order valence-electron chi connectivity index (χ4n) is 1.98. The summed E-state index contributed by atoms with van der Waals surface area (Å²) in [5.41, 5.74) is 0. The molecule has 0 bridgehead atoms. The standard InChI is InChI=1S/C12H23NO3/c1-13(7-6-10-4-3-5-10)9-11(14)8-12(15)16-2/h10-11,14H,3-9H2,1-2H3. The normalized spacial score (nSPS) is 18.2. The Bertz CT molecular complexity index is 216. The van der Waals surface area contributed by atoms with E-state index in [1.807, 2.05) is 7.05 Å². The summed E-state index contributed by atoms with van der Waals surface area (Å²) in [6.45, 7) is 1.55. The number of carbonyl (C=O) groups excluding carboxylic acids is 1. The molecule has 0 aromatic rings. The molecule has 4 heteroatoms. The van der Waals surface area contributed by atoms with Gasteiger partial charge in [0.2, 0.25) is 0 Å². The van der Waals surface area contributed by atoms with Crippen LogP contribution in [0.4, 0.5) is 0 Å². The number of likely N-dealkylation sites (N-methyl/N-ethyl adjacent to an activating group) is 1.